The minimum absolute atomic E-state index is 0.142. The molecule has 0 saturated heterocycles. The Morgan fingerprint density at radius 2 is 1.82 bits per heavy atom. The van der Waals surface area contributed by atoms with E-state index in [0.29, 0.717) is 32.5 Å². The summed E-state index contributed by atoms with van der Waals surface area (Å²) in [6.45, 7) is 1.91. The van der Waals surface area contributed by atoms with Gasteiger partial charge in [-0.25, -0.2) is 0 Å². The molecule has 168 valence electrons. The van der Waals surface area contributed by atoms with Crippen LogP contribution >= 0.6 is 35.0 Å². The Balaban J connectivity index is 1.62. The van der Waals surface area contributed by atoms with E-state index in [2.05, 4.69) is 15.5 Å². The Hall–Kier alpha value is -3.00. The van der Waals surface area contributed by atoms with E-state index in [1.54, 1.807) is 25.3 Å². The van der Waals surface area contributed by atoms with Crippen molar-refractivity contribution < 1.29 is 9.53 Å². The average molecular weight is 499 g/mol. The van der Waals surface area contributed by atoms with Crippen LogP contribution in [0.5, 0.6) is 5.75 Å². The number of halogens is 2. The summed E-state index contributed by atoms with van der Waals surface area (Å²) < 4.78 is 7.40. The zero-order valence-corrected chi connectivity index (χ0v) is 20.2. The summed E-state index contributed by atoms with van der Waals surface area (Å²) in [5.74, 6) is 1.24. The van der Waals surface area contributed by atoms with E-state index in [1.807, 2.05) is 60.0 Å². The van der Waals surface area contributed by atoms with Crippen LogP contribution < -0.4 is 10.1 Å². The van der Waals surface area contributed by atoms with Gasteiger partial charge in [-0.2, -0.15) is 0 Å². The molecule has 1 amide bonds. The standard InChI is InChI=1S/C24H20Cl2N4O2S/c1-15-7-10-17(13-20(15)26)27-22(31)14-33-24-29-28-23(19-5-3-4-6-21(19)32-2)30(24)18-11-8-16(25)9-12-18/h3-13H,14H2,1-2H3,(H,27,31). The van der Waals surface area contributed by atoms with Gasteiger partial charge in [-0.05, 0) is 61.0 Å². The van der Waals surface area contributed by atoms with Gasteiger partial charge in [-0.1, -0.05) is 53.2 Å². The summed E-state index contributed by atoms with van der Waals surface area (Å²) >= 11 is 13.5. The second kappa shape index (κ2) is 10.3. The van der Waals surface area contributed by atoms with E-state index in [0.717, 1.165) is 16.8 Å². The lowest BCUT2D eigenvalue weighted by atomic mass is 10.2. The summed E-state index contributed by atoms with van der Waals surface area (Å²) in [6, 6.07) is 20.3. The zero-order chi connectivity index (χ0) is 23.4. The van der Waals surface area contributed by atoms with Crippen molar-refractivity contribution in [3.8, 4) is 22.8 Å². The number of methoxy groups -OCH3 is 1. The van der Waals surface area contributed by atoms with Crippen molar-refractivity contribution in [3.63, 3.8) is 0 Å². The van der Waals surface area contributed by atoms with Crippen LogP contribution in [0.3, 0.4) is 0 Å². The highest BCUT2D eigenvalue weighted by Crippen LogP contribution is 2.33. The number of aryl methyl sites for hydroxylation is 1. The summed E-state index contributed by atoms with van der Waals surface area (Å²) in [4.78, 5) is 12.6. The second-order valence-electron chi connectivity index (χ2n) is 7.12. The molecule has 9 heteroatoms. The largest absolute Gasteiger partial charge is 0.496 e. The van der Waals surface area contributed by atoms with Crippen molar-refractivity contribution in [1.82, 2.24) is 14.8 Å². The molecule has 0 aliphatic heterocycles. The number of hydrogen-bond donors (Lipinski definition) is 1. The van der Waals surface area contributed by atoms with Gasteiger partial charge in [0.1, 0.15) is 5.75 Å². The number of nitrogens with one attached hydrogen (secondary N) is 1. The Morgan fingerprint density at radius 3 is 2.55 bits per heavy atom. The number of rotatable bonds is 7. The van der Waals surface area contributed by atoms with Gasteiger partial charge in [0.2, 0.25) is 5.91 Å². The molecule has 33 heavy (non-hydrogen) atoms. The molecule has 6 nitrogen and oxygen atoms in total. The van der Waals surface area contributed by atoms with E-state index in [-0.39, 0.29) is 11.7 Å². The van der Waals surface area contributed by atoms with Gasteiger partial charge in [0.25, 0.3) is 0 Å². The first-order chi connectivity index (χ1) is 16.0. The van der Waals surface area contributed by atoms with Crippen molar-refractivity contribution in [2.24, 2.45) is 0 Å². The average Bonchev–Trinajstić information content (AvgIpc) is 3.24. The highest BCUT2D eigenvalue weighted by molar-refractivity contribution is 7.99. The first-order valence-corrected chi connectivity index (χ1v) is 11.7. The fraction of sp³-hybridized carbons (Fsp3) is 0.125. The number of anilines is 1. The number of aromatic nitrogens is 3. The number of thioether (sulfide) groups is 1. The first kappa shape index (κ1) is 23.2. The molecular weight excluding hydrogens is 479 g/mol. The second-order valence-corrected chi connectivity index (χ2v) is 8.91. The Labute approximate surface area is 205 Å². The Kier molecular flexibility index (Phi) is 7.23. The predicted molar refractivity (Wildman–Crippen MR) is 134 cm³/mol. The van der Waals surface area contributed by atoms with Crippen molar-refractivity contribution in [3.05, 3.63) is 82.3 Å². The van der Waals surface area contributed by atoms with Crippen LogP contribution in [0.25, 0.3) is 17.1 Å². The van der Waals surface area contributed by atoms with E-state index in [9.17, 15) is 4.79 Å². The number of nitrogens with zero attached hydrogens (tertiary/aromatic N) is 3. The Morgan fingerprint density at radius 1 is 1.06 bits per heavy atom. The third-order valence-corrected chi connectivity index (χ3v) is 6.44. The lowest BCUT2D eigenvalue weighted by Gasteiger charge is -2.12. The molecule has 1 heterocycles. The van der Waals surface area contributed by atoms with Gasteiger partial charge in [-0.15, -0.1) is 10.2 Å². The number of benzene rings is 3. The van der Waals surface area contributed by atoms with Gasteiger partial charge in [-0.3, -0.25) is 9.36 Å². The number of carbonyl (C=O) groups is 1. The van der Waals surface area contributed by atoms with E-state index in [4.69, 9.17) is 27.9 Å². The van der Waals surface area contributed by atoms with Gasteiger partial charge in [0, 0.05) is 21.4 Å². The maximum absolute atomic E-state index is 12.6. The molecule has 0 radical (unpaired) electrons. The van der Waals surface area contributed by atoms with E-state index < -0.39 is 0 Å². The van der Waals surface area contributed by atoms with Crippen LogP contribution in [-0.4, -0.2) is 33.5 Å². The minimum atomic E-state index is -0.176. The maximum Gasteiger partial charge on any atom is 0.234 e. The van der Waals surface area contributed by atoms with Crippen LogP contribution in [-0.2, 0) is 4.79 Å². The monoisotopic (exact) mass is 498 g/mol. The van der Waals surface area contributed by atoms with Crippen molar-refractivity contribution in [2.45, 2.75) is 12.1 Å². The molecule has 0 aliphatic rings. The van der Waals surface area contributed by atoms with Gasteiger partial charge < -0.3 is 10.1 Å². The molecule has 0 bridgehead atoms. The molecule has 3 aromatic carbocycles. The lowest BCUT2D eigenvalue weighted by molar-refractivity contribution is -0.113. The predicted octanol–water partition coefficient (Wildman–Crippen LogP) is 6.29. The highest BCUT2D eigenvalue weighted by atomic mass is 35.5. The highest BCUT2D eigenvalue weighted by Gasteiger charge is 2.20. The number of hydrogen-bond acceptors (Lipinski definition) is 5. The zero-order valence-electron chi connectivity index (χ0n) is 17.9. The number of carbonyl (C=O) groups excluding carboxylic acids is 1. The first-order valence-electron chi connectivity index (χ1n) is 10.00. The number of amides is 1. The minimum Gasteiger partial charge on any atom is -0.496 e. The van der Waals surface area contributed by atoms with Gasteiger partial charge >= 0.3 is 0 Å². The van der Waals surface area contributed by atoms with E-state index >= 15 is 0 Å². The molecule has 0 unspecified atom stereocenters. The summed E-state index contributed by atoms with van der Waals surface area (Å²) in [7, 11) is 1.61. The quantitative estimate of drug-likeness (QED) is 0.303. The maximum atomic E-state index is 12.6. The topological polar surface area (TPSA) is 69.0 Å². The fourth-order valence-electron chi connectivity index (χ4n) is 3.19. The molecule has 0 fully saturated rings. The van der Waals surface area contributed by atoms with Crippen LogP contribution in [0.1, 0.15) is 5.56 Å². The molecule has 0 atom stereocenters. The molecule has 4 aromatic rings. The Bertz CT molecular complexity index is 1290. The van der Waals surface area contributed by atoms with E-state index in [1.165, 1.54) is 11.8 Å². The third-order valence-electron chi connectivity index (χ3n) is 4.85. The van der Waals surface area contributed by atoms with Gasteiger partial charge in [0.05, 0.1) is 18.4 Å². The summed E-state index contributed by atoms with van der Waals surface area (Å²) in [6.07, 6.45) is 0. The van der Waals surface area contributed by atoms with Crippen LogP contribution in [0.4, 0.5) is 5.69 Å². The summed E-state index contributed by atoms with van der Waals surface area (Å²) in [5, 5.41) is 13.4. The van der Waals surface area contributed by atoms with Crippen molar-refractivity contribution in [1.29, 1.82) is 0 Å². The lowest BCUT2D eigenvalue weighted by Crippen LogP contribution is -2.14. The van der Waals surface area contributed by atoms with Crippen LogP contribution in [0.15, 0.2) is 71.9 Å². The molecule has 1 N–H and O–H groups in total. The number of para-hydroxylation sites is 1. The van der Waals surface area contributed by atoms with Crippen molar-refractivity contribution in [2.75, 3.05) is 18.2 Å². The molecule has 0 saturated carbocycles. The molecule has 0 aliphatic carbocycles. The third kappa shape index (κ3) is 5.33. The fourth-order valence-corrected chi connectivity index (χ4v) is 4.25. The normalized spacial score (nSPS) is 10.8. The molecule has 0 spiro atoms. The molecule has 4 rings (SSSR count). The molecule has 1 aromatic heterocycles. The number of ether oxygens (including phenoxy) is 1. The van der Waals surface area contributed by atoms with Crippen LogP contribution in [0.2, 0.25) is 10.0 Å². The summed E-state index contributed by atoms with van der Waals surface area (Å²) in [5.41, 5.74) is 3.20. The van der Waals surface area contributed by atoms with Gasteiger partial charge in [0.15, 0.2) is 11.0 Å². The smallest absolute Gasteiger partial charge is 0.234 e. The SMILES string of the molecule is COc1ccccc1-c1nnc(SCC(=O)Nc2ccc(C)c(Cl)c2)n1-c1ccc(Cl)cc1. The van der Waals surface area contributed by atoms with Crippen LogP contribution in [0, 0.1) is 6.92 Å². The molecular formula is C24H20Cl2N4O2S. The van der Waals surface area contributed by atoms with Crippen molar-refractivity contribution >= 4 is 46.6 Å².